The summed E-state index contributed by atoms with van der Waals surface area (Å²) in [5.41, 5.74) is 0.0487. The van der Waals surface area contributed by atoms with Gasteiger partial charge in [0.25, 0.3) is 0 Å². The smallest absolute Gasteiger partial charge is 0.408 e. The molecule has 0 aliphatic carbocycles. The largest absolute Gasteiger partial charge is 0.465 e. The maximum absolute atomic E-state index is 11.3. The van der Waals surface area contributed by atoms with Crippen LogP contribution in [0.15, 0.2) is 30.3 Å². The minimum Gasteiger partial charge on any atom is -0.465 e. The molecule has 1 N–H and O–H groups in total. The summed E-state index contributed by atoms with van der Waals surface area (Å²) in [6, 6.07) is 8.13. The monoisotopic (exact) mass is 235 g/mol. The lowest BCUT2D eigenvalue weighted by Crippen LogP contribution is -2.47. The fourth-order valence-corrected chi connectivity index (χ4v) is 1.76. The summed E-state index contributed by atoms with van der Waals surface area (Å²) in [7, 11) is 0. The van der Waals surface area contributed by atoms with Gasteiger partial charge in [-0.15, -0.1) is 0 Å². The first-order valence-electron chi connectivity index (χ1n) is 5.40. The molecule has 1 rings (SSSR count). The summed E-state index contributed by atoms with van der Waals surface area (Å²) in [6.07, 6.45) is -0.437. The Morgan fingerprint density at radius 2 is 1.82 bits per heavy atom. The number of benzene rings is 1. The number of hydrogen-bond acceptors (Lipinski definition) is 2. The summed E-state index contributed by atoms with van der Waals surface area (Å²) in [5.74, 6) is 0. The van der Waals surface area contributed by atoms with Crippen molar-refractivity contribution >= 4 is 12.4 Å². The molecule has 1 aromatic carbocycles. The highest BCUT2D eigenvalue weighted by Crippen LogP contribution is 2.26. The molecule has 92 valence electrons. The summed E-state index contributed by atoms with van der Waals surface area (Å²) in [6.45, 7) is 5.29. The molecule has 0 unspecified atom stereocenters. The van der Waals surface area contributed by atoms with Gasteiger partial charge >= 0.3 is 6.09 Å². The molecule has 17 heavy (non-hydrogen) atoms. The second-order valence-corrected chi connectivity index (χ2v) is 4.82. The Morgan fingerprint density at radius 1 is 1.29 bits per heavy atom. The standard InChI is InChI=1S/C13H17NO3/c1-13(2,3)14(12(16)17)11(9-15)10-7-5-4-6-8-10/h4-9,11H,1-3H3,(H,16,17)/t11-/m1/s1. The number of rotatable bonds is 3. The molecule has 0 radical (unpaired) electrons. The van der Waals surface area contributed by atoms with Gasteiger partial charge in [0.1, 0.15) is 12.3 Å². The van der Waals surface area contributed by atoms with Gasteiger partial charge in [-0.05, 0) is 26.3 Å². The van der Waals surface area contributed by atoms with E-state index >= 15 is 0 Å². The molecule has 0 aliphatic rings. The second kappa shape index (κ2) is 4.99. The lowest BCUT2D eigenvalue weighted by atomic mass is 9.99. The van der Waals surface area contributed by atoms with Gasteiger partial charge in [-0.1, -0.05) is 30.3 Å². The Balaban J connectivity index is 3.16. The zero-order chi connectivity index (χ0) is 13.1. The Bertz CT molecular complexity index is 395. The molecule has 4 nitrogen and oxygen atoms in total. The molecule has 0 heterocycles. The molecule has 0 fully saturated rings. The maximum Gasteiger partial charge on any atom is 0.408 e. The van der Waals surface area contributed by atoms with Crippen molar-refractivity contribution in [2.24, 2.45) is 0 Å². The van der Waals surface area contributed by atoms with E-state index < -0.39 is 17.7 Å². The third kappa shape index (κ3) is 3.06. The summed E-state index contributed by atoms with van der Waals surface area (Å²) >= 11 is 0. The zero-order valence-corrected chi connectivity index (χ0v) is 10.3. The maximum atomic E-state index is 11.3. The van der Waals surface area contributed by atoms with Crippen LogP contribution >= 0.6 is 0 Å². The van der Waals surface area contributed by atoms with Gasteiger partial charge in [-0.2, -0.15) is 0 Å². The number of nitrogens with zero attached hydrogens (tertiary/aromatic N) is 1. The highest BCUT2D eigenvalue weighted by atomic mass is 16.4. The van der Waals surface area contributed by atoms with Crippen LogP contribution in [0, 0.1) is 0 Å². The predicted molar refractivity (Wildman–Crippen MR) is 64.9 cm³/mol. The number of carbonyl (C=O) groups is 2. The van der Waals surface area contributed by atoms with Gasteiger partial charge in [0, 0.05) is 5.54 Å². The van der Waals surface area contributed by atoms with Crippen molar-refractivity contribution in [1.82, 2.24) is 4.90 Å². The normalized spacial score (nSPS) is 12.9. The van der Waals surface area contributed by atoms with E-state index in [1.807, 2.05) is 6.07 Å². The van der Waals surface area contributed by atoms with Crippen LogP contribution in [0.2, 0.25) is 0 Å². The van der Waals surface area contributed by atoms with E-state index in [0.29, 0.717) is 11.8 Å². The first kappa shape index (κ1) is 13.2. The van der Waals surface area contributed by atoms with Crippen molar-refractivity contribution in [1.29, 1.82) is 0 Å². The third-order valence-corrected chi connectivity index (χ3v) is 2.48. The highest BCUT2D eigenvalue weighted by molar-refractivity contribution is 5.74. The van der Waals surface area contributed by atoms with E-state index in [4.69, 9.17) is 0 Å². The molecule has 0 saturated heterocycles. The zero-order valence-electron chi connectivity index (χ0n) is 10.3. The molecule has 4 heteroatoms. The number of carbonyl (C=O) groups excluding carboxylic acids is 1. The fourth-order valence-electron chi connectivity index (χ4n) is 1.76. The van der Waals surface area contributed by atoms with Gasteiger partial charge in [0.15, 0.2) is 0 Å². The minimum absolute atomic E-state index is 0.632. The number of aldehydes is 1. The Morgan fingerprint density at radius 3 is 2.18 bits per heavy atom. The average Bonchev–Trinajstić information content (AvgIpc) is 2.24. The van der Waals surface area contributed by atoms with Crippen LogP contribution in [0.1, 0.15) is 32.4 Å². The minimum atomic E-state index is -1.10. The first-order valence-corrected chi connectivity index (χ1v) is 5.40. The Kier molecular flexibility index (Phi) is 3.89. The molecule has 1 aromatic rings. The van der Waals surface area contributed by atoms with Crippen LogP contribution < -0.4 is 0 Å². The molecule has 1 amide bonds. The molecule has 0 spiro atoms. The van der Waals surface area contributed by atoms with Crippen molar-refractivity contribution in [2.45, 2.75) is 32.4 Å². The molecule has 0 bridgehead atoms. The van der Waals surface area contributed by atoms with E-state index in [1.54, 1.807) is 45.0 Å². The van der Waals surface area contributed by atoms with Crippen LogP contribution in [-0.2, 0) is 4.79 Å². The molecule has 0 saturated carbocycles. The van der Waals surface area contributed by atoms with Crippen LogP contribution in [0.5, 0.6) is 0 Å². The van der Waals surface area contributed by atoms with Crippen molar-refractivity contribution in [3.05, 3.63) is 35.9 Å². The lowest BCUT2D eigenvalue weighted by Gasteiger charge is -2.37. The van der Waals surface area contributed by atoms with Gasteiger partial charge in [0.05, 0.1) is 0 Å². The van der Waals surface area contributed by atoms with Crippen molar-refractivity contribution < 1.29 is 14.7 Å². The van der Waals surface area contributed by atoms with E-state index in [0.717, 1.165) is 4.90 Å². The number of amides is 1. The van der Waals surface area contributed by atoms with Crippen LogP contribution in [0.25, 0.3) is 0 Å². The van der Waals surface area contributed by atoms with Crippen LogP contribution in [-0.4, -0.2) is 27.9 Å². The van der Waals surface area contributed by atoms with E-state index in [9.17, 15) is 14.7 Å². The molecule has 0 aromatic heterocycles. The third-order valence-electron chi connectivity index (χ3n) is 2.48. The lowest BCUT2D eigenvalue weighted by molar-refractivity contribution is -0.113. The molecular weight excluding hydrogens is 218 g/mol. The summed E-state index contributed by atoms with van der Waals surface area (Å²) in [4.78, 5) is 23.6. The van der Waals surface area contributed by atoms with E-state index in [1.165, 1.54) is 0 Å². The second-order valence-electron chi connectivity index (χ2n) is 4.82. The van der Waals surface area contributed by atoms with Gasteiger partial charge in [-0.3, -0.25) is 4.90 Å². The topological polar surface area (TPSA) is 57.6 Å². The highest BCUT2D eigenvalue weighted by Gasteiger charge is 2.33. The first-order chi connectivity index (χ1) is 7.88. The quantitative estimate of drug-likeness (QED) is 0.819. The van der Waals surface area contributed by atoms with Crippen molar-refractivity contribution in [3.63, 3.8) is 0 Å². The van der Waals surface area contributed by atoms with Crippen molar-refractivity contribution in [2.75, 3.05) is 0 Å². The molecular formula is C13H17NO3. The number of hydrogen-bond donors (Lipinski definition) is 1. The summed E-state index contributed by atoms with van der Waals surface area (Å²) < 4.78 is 0. The van der Waals surface area contributed by atoms with Crippen molar-refractivity contribution in [3.8, 4) is 0 Å². The number of carboxylic acid groups (broad SMARTS) is 1. The van der Waals surface area contributed by atoms with Crippen LogP contribution in [0.4, 0.5) is 4.79 Å². The van der Waals surface area contributed by atoms with Crippen LogP contribution in [0.3, 0.4) is 0 Å². The van der Waals surface area contributed by atoms with E-state index in [2.05, 4.69) is 0 Å². The molecule has 0 aliphatic heterocycles. The SMILES string of the molecule is CC(C)(C)N(C(=O)O)[C@H](C=O)c1ccccc1. The van der Waals surface area contributed by atoms with Gasteiger partial charge in [0.2, 0.25) is 0 Å². The Labute approximate surface area is 101 Å². The van der Waals surface area contributed by atoms with Gasteiger partial charge in [-0.25, -0.2) is 4.79 Å². The van der Waals surface area contributed by atoms with E-state index in [-0.39, 0.29) is 0 Å². The fraction of sp³-hybridized carbons (Fsp3) is 0.385. The average molecular weight is 235 g/mol. The van der Waals surface area contributed by atoms with Gasteiger partial charge < -0.3 is 9.90 Å². The molecule has 1 atom stereocenters. The summed E-state index contributed by atoms with van der Waals surface area (Å²) in [5, 5.41) is 9.24. The Hall–Kier alpha value is -1.84. The predicted octanol–water partition coefficient (Wildman–Crippen LogP) is 2.71.